The first-order valence-corrected chi connectivity index (χ1v) is 6.83. The Morgan fingerprint density at radius 2 is 2.16 bits per heavy atom. The normalized spacial score (nSPS) is 10.8. The molecule has 0 spiro atoms. The summed E-state index contributed by atoms with van der Waals surface area (Å²) < 4.78 is 17.2. The highest BCUT2D eigenvalue weighted by Crippen LogP contribution is 2.20. The van der Waals surface area contributed by atoms with Crippen LogP contribution in [0.1, 0.15) is 18.3 Å². The maximum atomic E-state index is 14.1. The fourth-order valence-electron chi connectivity index (χ4n) is 1.95. The molecule has 0 saturated carbocycles. The van der Waals surface area contributed by atoms with Gasteiger partial charge in [-0.15, -0.1) is 0 Å². The Kier molecular flexibility index (Phi) is 4.19. The van der Waals surface area contributed by atoms with E-state index in [1.54, 1.807) is 4.90 Å². The molecule has 2 heterocycles. The molecule has 0 aliphatic carbocycles. The Morgan fingerprint density at radius 3 is 2.74 bits per heavy atom. The Hall–Kier alpha value is -1.43. The number of aromatic nitrogens is 3. The van der Waals surface area contributed by atoms with Gasteiger partial charge < -0.3 is 9.47 Å². The molecule has 2 aromatic rings. The lowest BCUT2D eigenvalue weighted by Crippen LogP contribution is -2.21. The molecule has 0 aliphatic heterocycles. The van der Waals surface area contributed by atoms with Crippen molar-refractivity contribution in [3.05, 3.63) is 40.3 Å². The van der Waals surface area contributed by atoms with E-state index in [0.29, 0.717) is 24.5 Å². The predicted molar refractivity (Wildman–Crippen MR) is 76.6 cm³/mol. The minimum Gasteiger partial charge on any atom is -0.352 e. The Balaban J connectivity index is 2.25. The van der Waals surface area contributed by atoms with E-state index in [1.807, 2.05) is 37.8 Å². The zero-order chi connectivity index (χ0) is 14.0. The molecule has 0 bridgehead atoms. The van der Waals surface area contributed by atoms with Crippen molar-refractivity contribution >= 4 is 21.7 Å². The van der Waals surface area contributed by atoms with E-state index in [2.05, 4.69) is 25.9 Å². The average Bonchev–Trinajstić information content (AvgIpc) is 2.68. The molecule has 0 aromatic carbocycles. The first kappa shape index (κ1) is 14.0. The number of nitrogens with zero attached hydrogens (tertiary/aromatic N) is 4. The zero-order valence-electron chi connectivity index (χ0n) is 11.2. The van der Waals surface area contributed by atoms with Gasteiger partial charge in [0.2, 0.25) is 0 Å². The average molecular weight is 327 g/mol. The van der Waals surface area contributed by atoms with E-state index in [-0.39, 0.29) is 5.82 Å². The zero-order valence-corrected chi connectivity index (χ0v) is 12.8. The summed E-state index contributed by atoms with van der Waals surface area (Å²) >= 11 is 3.43. The van der Waals surface area contributed by atoms with Crippen molar-refractivity contribution in [2.24, 2.45) is 7.05 Å². The van der Waals surface area contributed by atoms with E-state index >= 15 is 0 Å². The summed E-state index contributed by atoms with van der Waals surface area (Å²) in [5, 5.41) is 0. The van der Waals surface area contributed by atoms with Crippen LogP contribution in [0.5, 0.6) is 0 Å². The standard InChI is InChI=1S/C13H16BrFN4/c1-4-11-12(15)13(17-8-16-11)19(3)7-10-5-9(14)6-18(10)2/h5-6,8H,4,7H2,1-3H3. The summed E-state index contributed by atoms with van der Waals surface area (Å²) in [5.74, 6) is 0.00458. The summed E-state index contributed by atoms with van der Waals surface area (Å²) in [6, 6.07) is 2.01. The molecule has 0 amide bonds. The van der Waals surface area contributed by atoms with Gasteiger partial charge in [0, 0.05) is 30.5 Å². The second kappa shape index (κ2) is 5.69. The van der Waals surface area contributed by atoms with Crippen molar-refractivity contribution in [3.8, 4) is 0 Å². The lowest BCUT2D eigenvalue weighted by molar-refractivity contribution is 0.586. The van der Waals surface area contributed by atoms with Crippen molar-refractivity contribution in [2.75, 3.05) is 11.9 Å². The second-order valence-electron chi connectivity index (χ2n) is 4.43. The third-order valence-electron chi connectivity index (χ3n) is 3.01. The van der Waals surface area contributed by atoms with Gasteiger partial charge in [0.1, 0.15) is 6.33 Å². The number of hydrogen-bond acceptors (Lipinski definition) is 3. The van der Waals surface area contributed by atoms with Gasteiger partial charge in [0.05, 0.1) is 12.2 Å². The van der Waals surface area contributed by atoms with Gasteiger partial charge in [-0.05, 0) is 28.4 Å². The molecule has 2 aromatic heterocycles. The Bertz CT molecular complexity index is 582. The Labute approximate surface area is 120 Å². The van der Waals surface area contributed by atoms with Crippen molar-refractivity contribution in [1.29, 1.82) is 0 Å². The number of anilines is 1. The van der Waals surface area contributed by atoms with Gasteiger partial charge >= 0.3 is 0 Å². The molecule has 0 fully saturated rings. The van der Waals surface area contributed by atoms with Crippen LogP contribution in [0.2, 0.25) is 0 Å². The van der Waals surface area contributed by atoms with Gasteiger partial charge in [-0.3, -0.25) is 0 Å². The molecule has 0 atom stereocenters. The molecule has 0 saturated heterocycles. The third-order valence-corrected chi connectivity index (χ3v) is 3.45. The van der Waals surface area contributed by atoms with Crippen molar-refractivity contribution in [2.45, 2.75) is 19.9 Å². The molecule has 0 aliphatic rings. The summed E-state index contributed by atoms with van der Waals surface area (Å²) in [7, 11) is 3.79. The monoisotopic (exact) mass is 326 g/mol. The van der Waals surface area contributed by atoms with Crippen LogP contribution in [0.15, 0.2) is 23.1 Å². The van der Waals surface area contributed by atoms with Crippen LogP contribution in [0.4, 0.5) is 10.2 Å². The van der Waals surface area contributed by atoms with E-state index in [4.69, 9.17) is 0 Å². The topological polar surface area (TPSA) is 34.0 Å². The van der Waals surface area contributed by atoms with Crippen LogP contribution < -0.4 is 4.90 Å². The molecule has 102 valence electrons. The fourth-order valence-corrected chi connectivity index (χ4v) is 2.52. The van der Waals surface area contributed by atoms with Crippen LogP contribution in [0.25, 0.3) is 0 Å². The molecule has 2 rings (SSSR count). The molecule has 4 nitrogen and oxygen atoms in total. The van der Waals surface area contributed by atoms with E-state index in [1.165, 1.54) is 6.33 Å². The summed E-state index contributed by atoms with van der Waals surface area (Å²) in [5.41, 5.74) is 1.52. The van der Waals surface area contributed by atoms with E-state index in [9.17, 15) is 4.39 Å². The maximum Gasteiger partial charge on any atom is 0.187 e. The first-order valence-electron chi connectivity index (χ1n) is 6.04. The van der Waals surface area contributed by atoms with Gasteiger partial charge in [0.15, 0.2) is 11.6 Å². The van der Waals surface area contributed by atoms with Crippen LogP contribution in [-0.4, -0.2) is 21.6 Å². The summed E-state index contributed by atoms with van der Waals surface area (Å²) in [6.07, 6.45) is 3.94. The highest BCUT2D eigenvalue weighted by atomic mass is 79.9. The van der Waals surface area contributed by atoms with Crippen LogP contribution in [0.3, 0.4) is 0 Å². The molecule has 19 heavy (non-hydrogen) atoms. The minimum absolute atomic E-state index is 0.333. The maximum absolute atomic E-state index is 14.1. The van der Waals surface area contributed by atoms with Crippen molar-refractivity contribution in [3.63, 3.8) is 0 Å². The van der Waals surface area contributed by atoms with Crippen LogP contribution in [0, 0.1) is 5.82 Å². The van der Waals surface area contributed by atoms with Gasteiger partial charge in [-0.25, -0.2) is 14.4 Å². The van der Waals surface area contributed by atoms with E-state index in [0.717, 1.165) is 10.2 Å². The SMILES string of the molecule is CCc1ncnc(N(C)Cc2cc(Br)cn2C)c1F. The van der Waals surface area contributed by atoms with Crippen LogP contribution in [-0.2, 0) is 20.0 Å². The lowest BCUT2D eigenvalue weighted by Gasteiger charge is -2.19. The largest absolute Gasteiger partial charge is 0.352 e. The number of aryl methyl sites for hydroxylation is 2. The quantitative estimate of drug-likeness (QED) is 0.866. The molecule has 0 N–H and O–H groups in total. The number of halogens is 2. The van der Waals surface area contributed by atoms with Crippen molar-refractivity contribution in [1.82, 2.24) is 14.5 Å². The molecule has 0 unspecified atom stereocenters. The molecular weight excluding hydrogens is 311 g/mol. The molecule has 0 radical (unpaired) electrons. The second-order valence-corrected chi connectivity index (χ2v) is 5.34. The fraction of sp³-hybridized carbons (Fsp3) is 0.385. The lowest BCUT2D eigenvalue weighted by atomic mass is 10.3. The Morgan fingerprint density at radius 1 is 1.42 bits per heavy atom. The van der Waals surface area contributed by atoms with Crippen LogP contribution >= 0.6 is 15.9 Å². The van der Waals surface area contributed by atoms with Crippen molar-refractivity contribution < 1.29 is 4.39 Å². The summed E-state index contributed by atoms with van der Waals surface area (Å²) in [6.45, 7) is 2.46. The number of rotatable bonds is 4. The summed E-state index contributed by atoms with van der Waals surface area (Å²) in [4.78, 5) is 9.77. The van der Waals surface area contributed by atoms with Gasteiger partial charge in [0.25, 0.3) is 0 Å². The van der Waals surface area contributed by atoms with Gasteiger partial charge in [-0.1, -0.05) is 6.92 Å². The smallest absolute Gasteiger partial charge is 0.187 e. The number of hydrogen-bond donors (Lipinski definition) is 0. The highest BCUT2D eigenvalue weighted by molar-refractivity contribution is 9.10. The molecule has 6 heteroatoms. The first-order chi connectivity index (χ1) is 9.02. The predicted octanol–water partition coefficient (Wildman–Crippen LogP) is 2.92. The molecular formula is C13H16BrFN4. The van der Waals surface area contributed by atoms with E-state index < -0.39 is 0 Å². The minimum atomic E-state index is -0.333. The van der Waals surface area contributed by atoms with Gasteiger partial charge in [-0.2, -0.15) is 0 Å². The third kappa shape index (κ3) is 2.94. The highest BCUT2D eigenvalue weighted by Gasteiger charge is 2.15.